The van der Waals surface area contributed by atoms with Gasteiger partial charge in [-0.1, -0.05) is 72.8 Å². The molecule has 0 saturated heterocycles. The molecular weight excluding hydrogens is 530 g/mol. The molecule has 0 aliphatic rings. The number of sulfonamides is 1. The molecule has 0 spiro atoms. The quantitative estimate of drug-likeness (QED) is 0.283. The number of amides is 2. The molecule has 0 radical (unpaired) electrons. The lowest BCUT2D eigenvalue weighted by atomic mass is 10.0. The molecule has 1 N–H and O–H groups in total. The van der Waals surface area contributed by atoms with Crippen LogP contribution in [0.4, 0.5) is 0 Å². The lowest BCUT2D eigenvalue weighted by molar-refractivity contribution is -0.141. The molecule has 1 atom stereocenters. The van der Waals surface area contributed by atoms with Crippen LogP contribution in [-0.4, -0.2) is 75.7 Å². The first kappa shape index (κ1) is 30.8. The van der Waals surface area contributed by atoms with Gasteiger partial charge in [0.2, 0.25) is 21.8 Å². The van der Waals surface area contributed by atoms with Gasteiger partial charge in [0.05, 0.1) is 26.5 Å². The van der Waals surface area contributed by atoms with Crippen molar-refractivity contribution < 1.29 is 27.5 Å². The Morgan fingerprint density at radius 3 is 1.95 bits per heavy atom. The van der Waals surface area contributed by atoms with E-state index in [2.05, 4.69) is 5.32 Å². The first-order chi connectivity index (χ1) is 19.2. The number of methoxy groups -OCH3 is 2. The monoisotopic (exact) mass is 567 g/mol. The van der Waals surface area contributed by atoms with Gasteiger partial charge in [0.25, 0.3) is 0 Å². The first-order valence-corrected chi connectivity index (χ1v) is 14.8. The van der Waals surface area contributed by atoms with E-state index < -0.39 is 28.5 Å². The number of ether oxygens (including phenoxy) is 2. The van der Waals surface area contributed by atoms with Crippen molar-refractivity contribution >= 4 is 21.8 Å². The fraction of sp³-hybridized carbons (Fsp3) is 0.333. The zero-order valence-corrected chi connectivity index (χ0v) is 24.0. The van der Waals surface area contributed by atoms with Crippen molar-refractivity contribution in [1.29, 1.82) is 0 Å². The summed E-state index contributed by atoms with van der Waals surface area (Å²) in [7, 11) is -0.635. The molecule has 9 nitrogen and oxygen atoms in total. The second-order valence-corrected chi connectivity index (χ2v) is 11.4. The number of rotatable bonds is 15. The minimum absolute atomic E-state index is 0.0329. The van der Waals surface area contributed by atoms with Crippen LogP contribution >= 0.6 is 0 Å². The van der Waals surface area contributed by atoms with Crippen LogP contribution in [0.25, 0.3) is 0 Å². The molecule has 3 aromatic rings. The highest BCUT2D eigenvalue weighted by atomic mass is 32.2. The smallest absolute Gasteiger partial charge is 0.243 e. The van der Waals surface area contributed by atoms with Crippen LogP contribution in [-0.2, 0) is 43.9 Å². The minimum Gasteiger partial charge on any atom is -0.497 e. The topological polar surface area (TPSA) is 105 Å². The van der Waals surface area contributed by atoms with Crippen molar-refractivity contribution in [1.82, 2.24) is 14.5 Å². The normalized spacial score (nSPS) is 12.1. The van der Waals surface area contributed by atoms with Gasteiger partial charge in [-0.25, -0.2) is 8.42 Å². The Kier molecular flexibility index (Phi) is 11.7. The second-order valence-electron chi connectivity index (χ2n) is 9.38. The number of carbonyl (C=O) groups excluding carboxylic acids is 2. The van der Waals surface area contributed by atoms with Gasteiger partial charge in [-0.05, 0) is 28.8 Å². The zero-order chi connectivity index (χ0) is 29.0. The third kappa shape index (κ3) is 9.48. The van der Waals surface area contributed by atoms with Gasteiger partial charge < -0.3 is 19.7 Å². The summed E-state index contributed by atoms with van der Waals surface area (Å²) in [5.41, 5.74) is 2.39. The number of nitrogens with one attached hydrogen (secondary N) is 1. The van der Waals surface area contributed by atoms with E-state index in [1.165, 1.54) is 4.90 Å². The Morgan fingerprint density at radius 2 is 1.40 bits per heavy atom. The van der Waals surface area contributed by atoms with E-state index in [9.17, 15) is 18.0 Å². The first-order valence-electron chi connectivity index (χ1n) is 12.9. The molecule has 0 saturated carbocycles. The molecule has 3 aromatic carbocycles. The van der Waals surface area contributed by atoms with E-state index in [0.29, 0.717) is 12.4 Å². The molecule has 0 aliphatic heterocycles. The maximum absolute atomic E-state index is 14.0. The number of nitrogens with zero attached hydrogens (tertiary/aromatic N) is 2. The third-order valence-electron chi connectivity index (χ3n) is 6.37. The maximum Gasteiger partial charge on any atom is 0.243 e. The average molecular weight is 568 g/mol. The van der Waals surface area contributed by atoms with E-state index in [4.69, 9.17) is 9.47 Å². The highest BCUT2D eigenvalue weighted by molar-refractivity contribution is 7.88. The largest absolute Gasteiger partial charge is 0.497 e. The van der Waals surface area contributed by atoms with E-state index in [1.807, 2.05) is 60.7 Å². The van der Waals surface area contributed by atoms with Crippen molar-refractivity contribution in [3.63, 3.8) is 0 Å². The fourth-order valence-corrected chi connectivity index (χ4v) is 4.92. The zero-order valence-electron chi connectivity index (χ0n) is 23.2. The molecule has 0 aliphatic carbocycles. The molecule has 10 heteroatoms. The summed E-state index contributed by atoms with van der Waals surface area (Å²) in [6.45, 7) is 0.302. The number of hydrogen-bond acceptors (Lipinski definition) is 6. The Bertz CT molecular complexity index is 1320. The predicted molar refractivity (Wildman–Crippen MR) is 154 cm³/mol. The fourth-order valence-electron chi connectivity index (χ4n) is 4.19. The number of benzene rings is 3. The molecule has 40 heavy (non-hydrogen) atoms. The van der Waals surface area contributed by atoms with Gasteiger partial charge in [-0.3, -0.25) is 9.59 Å². The van der Waals surface area contributed by atoms with Crippen LogP contribution in [0.3, 0.4) is 0 Å². The van der Waals surface area contributed by atoms with Gasteiger partial charge in [-0.15, -0.1) is 0 Å². The summed E-state index contributed by atoms with van der Waals surface area (Å²) in [4.78, 5) is 29.0. The van der Waals surface area contributed by atoms with Crippen molar-refractivity contribution in [2.75, 3.05) is 40.2 Å². The van der Waals surface area contributed by atoms with Crippen LogP contribution in [0, 0.1) is 0 Å². The summed E-state index contributed by atoms with van der Waals surface area (Å²) in [6, 6.07) is 24.8. The number of hydrogen-bond donors (Lipinski definition) is 1. The average Bonchev–Trinajstić information content (AvgIpc) is 2.95. The Labute approximate surface area is 236 Å². The standard InChI is InChI=1S/C30H37N3O6S/c1-38-19-18-31-30(35)28(20-24-10-6-4-7-11-24)33(22-26-14-16-27(39-2)17-15-26)29(34)23-32(40(3,36)37)21-25-12-8-5-9-13-25/h4-17,28H,18-23H2,1-3H3,(H,31,35). The molecular formula is C30H37N3O6S. The summed E-state index contributed by atoms with van der Waals surface area (Å²) in [6.07, 6.45) is 1.33. The Balaban J connectivity index is 1.97. The maximum atomic E-state index is 14.0. The lowest BCUT2D eigenvalue weighted by Gasteiger charge is -2.33. The molecule has 0 heterocycles. The van der Waals surface area contributed by atoms with Crippen LogP contribution in [0.1, 0.15) is 16.7 Å². The predicted octanol–water partition coefficient (Wildman–Crippen LogP) is 2.86. The lowest BCUT2D eigenvalue weighted by Crippen LogP contribution is -2.53. The van der Waals surface area contributed by atoms with E-state index in [0.717, 1.165) is 27.3 Å². The molecule has 214 valence electrons. The van der Waals surface area contributed by atoms with Crippen LogP contribution in [0.2, 0.25) is 0 Å². The summed E-state index contributed by atoms with van der Waals surface area (Å²) >= 11 is 0. The minimum atomic E-state index is -3.74. The van der Waals surface area contributed by atoms with Gasteiger partial charge in [0.1, 0.15) is 11.8 Å². The van der Waals surface area contributed by atoms with Crippen LogP contribution in [0.15, 0.2) is 84.9 Å². The van der Waals surface area contributed by atoms with E-state index >= 15 is 0 Å². The van der Waals surface area contributed by atoms with Crippen molar-refractivity contribution in [2.45, 2.75) is 25.6 Å². The third-order valence-corrected chi connectivity index (χ3v) is 7.57. The summed E-state index contributed by atoms with van der Waals surface area (Å²) < 4.78 is 37.0. The van der Waals surface area contributed by atoms with Gasteiger partial charge in [0, 0.05) is 33.2 Å². The Hall–Kier alpha value is -3.73. The SMILES string of the molecule is COCCNC(=O)C(Cc1ccccc1)N(Cc1ccc(OC)cc1)C(=O)CN(Cc1ccccc1)S(C)(=O)=O. The molecule has 0 aromatic heterocycles. The van der Waals surface area contributed by atoms with E-state index in [-0.39, 0.29) is 32.0 Å². The summed E-state index contributed by atoms with van der Waals surface area (Å²) in [5.74, 6) is -0.178. The van der Waals surface area contributed by atoms with Gasteiger partial charge in [0.15, 0.2) is 0 Å². The molecule has 3 rings (SSSR count). The van der Waals surface area contributed by atoms with Crippen molar-refractivity contribution in [2.24, 2.45) is 0 Å². The molecule has 0 fully saturated rings. The highest BCUT2D eigenvalue weighted by Gasteiger charge is 2.32. The van der Waals surface area contributed by atoms with Gasteiger partial charge >= 0.3 is 0 Å². The summed E-state index contributed by atoms with van der Waals surface area (Å²) in [5, 5.41) is 2.86. The van der Waals surface area contributed by atoms with Crippen LogP contribution < -0.4 is 10.1 Å². The molecule has 1 unspecified atom stereocenters. The highest BCUT2D eigenvalue weighted by Crippen LogP contribution is 2.19. The second kappa shape index (κ2) is 15.2. The van der Waals surface area contributed by atoms with Crippen molar-refractivity contribution in [3.8, 4) is 5.75 Å². The van der Waals surface area contributed by atoms with Gasteiger partial charge in [-0.2, -0.15) is 4.31 Å². The molecule has 0 bridgehead atoms. The van der Waals surface area contributed by atoms with Crippen molar-refractivity contribution in [3.05, 3.63) is 102 Å². The Morgan fingerprint density at radius 1 is 0.825 bits per heavy atom. The van der Waals surface area contributed by atoms with Crippen LogP contribution in [0.5, 0.6) is 5.75 Å². The molecule has 2 amide bonds. The van der Waals surface area contributed by atoms with E-state index in [1.54, 1.807) is 38.5 Å². The number of carbonyl (C=O) groups is 2.